The van der Waals surface area contributed by atoms with E-state index in [1.807, 2.05) is 51.2 Å². The number of carbonyl (C=O) groups is 3. The van der Waals surface area contributed by atoms with Gasteiger partial charge in [0, 0.05) is 58.6 Å². The molecule has 3 aliphatic rings. The van der Waals surface area contributed by atoms with Gasteiger partial charge in [0.15, 0.2) is 11.6 Å². The molecule has 3 saturated carbocycles. The summed E-state index contributed by atoms with van der Waals surface area (Å²) >= 11 is 0. The van der Waals surface area contributed by atoms with Crippen molar-refractivity contribution in [1.29, 1.82) is 0 Å². The fourth-order valence-corrected chi connectivity index (χ4v) is 16.2. The summed E-state index contributed by atoms with van der Waals surface area (Å²) in [5.41, 5.74) is 9.26. The molecule has 0 unspecified atom stereocenters. The normalized spacial score (nSPS) is 19.3. The van der Waals surface area contributed by atoms with Gasteiger partial charge in [-0.2, -0.15) is 0 Å². The molecule has 3 atom stereocenters. The molecule has 15 rings (SSSR count). The number of nitrogens with one attached hydrogen (secondary N) is 3. The van der Waals surface area contributed by atoms with Crippen LogP contribution in [-0.4, -0.2) is 82.6 Å². The highest BCUT2D eigenvalue weighted by Gasteiger charge is 2.34. The average molecular weight is 1400 g/mol. The van der Waals surface area contributed by atoms with Gasteiger partial charge < -0.3 is 29.2 Å². The number of nitrogens with zero attached hydrogens (tertiary/aromatic N) is 6. The lowest BCUT2D eigenvalue weighted by atomic mass is 9.73. The Labute approximate surface area is 592 Å². The quantitative estimate of drug-likeness (QED) is 0.0498. The molecule has 6 heterocycles. The standard InChI is InChI=1S/C28H30FN3O2.C27H26F3N3O2.C27H27F2N3O2/c1-4-34-28(33)21-10-12-25-26(17(21)3)32-27(31-25)16(2)18-5-7-19(8-6-18)22-13-14-30-24-11-9-20(29)15-23(22)24;1-3-35-27(34)23-20(29)13-22-25(24(23)30)33-26(32-22)14(2)15-4-6-16(7-5-15)18-10-11-31-21-9-8-17(28)12-19(18)21;1-3-34-27(33)20-9-11-23-25(24(20)29)32-26(31-23)15(2)16-4-6-17(7-5-16)19-12-13-30-22-10-8-18(28)14-21(19)22/h9-16,18-19H,4-8H2,1-3H3,(H,31,32);8-16H,3-7H2,1-2H3,(H,32,33);8-17H,3-7H2,1-2H3,(H,31,32)/t16-,18?,19?;14-,15?,16?;15-,16?,17?/m111/s1. The van der Waals surface area contributed by atoms with Crippen molar-refractivity contribution in [2.45, 2.75) is 161 Å². The van der Waals surface area contributed by atoms with E-state index in [-0.39, 0.29) is 76.5 Å². The number of aromatic amines is 3. The van der Waals surface area contributed by atoms with Crippen LogP contribution in [0.5, 0.6) is 0 Å². The molecular formula is C82H83F6N9O6. The predicted molar refractivity (Wildman–Crippen MR) is 385 cm³/mol. The Kier molecular flexibility index (Phi) is 21.4. The minimum absolute atomic E-state index is 0.0107. The first kappa shape index (κ1) is 71.3. The van der Waals surface area contributed by atoms with Crippen molar-refractivity contribution >= 4 is 83.7 Å². The van der Waals surface area contributed by atoms with E-state index >= 15 is 0 Å². The Morgan fingerprint density at radius 1 is 0.417 bits per heavy atom. The summed E-state index contributed by atoms with van der Waals surface area (Å²) in [5, 5.41) is 2.68. The third-order valence-electron chi connectivity index (χ3n) is 22.0. The van der Waals surface area contributed by atoms with Crippen molar-refractivity contribution in [1.82, 2.24) is 44.9 Å². The molecule has 6 aromatic heterocycles. The van der Waals surface area contributed by atoms with Crippen LogP contribution in [0.1, 0.15) is 225 Å². The first-order chi connectivity index (χ1) is 49.8. The van der Waals surface area contributed by atoms with Gasteiger partial charge in [-0.1, -0.05) is 20.8 Å². The zero-order valence-electron chi connectivity index (χ0n) is 58.8. The van der Waals surface area contributed by atoms with Crippen molar-refractivity contribution in [2.75, 3.05) is 19.8 Å². The molecule has 3 aliphatic carbocycles. The van der Waals surface area contributed by atoms with Crippen LogP contribution in [0.2, 0.25) is 0 Å². The van der Waals surface area contributed by atoms with Crippen LogP contribution in [0, 0.1) is 59.6 Å². The molecule has 15 nitrogen and oxygen atoms in total. The van der Waals surface area contributed by atoms with Crippen molar-refractivity contribution in [3.05, 3.63) is 213 Å². The molecule has 0 spiro atoms. The minimum Gasteiger partial charge on any atom is -0.462 e. The number of carbonyl (C=O) groups excluding carboxylic acids is 3. The molecule has 534 valence electrons. The van der Waals surface area contributed by atoms with E-state index in [9.17, 15) is 40.7 Å². The largest absolute Gasteiger partial charge is 0.462 e. The number of rotatable bonds is 15. The lowest BCUT2D eigenvalue weighted by Gasteiger charge is -2.32. The van der Waals surface area contributed by atoms with Crippen LogP contribution in [-0.2, 0) is 14.2 Å². The molecule has 0 amide bonds. The second kappa shape index (κ2) is 30.9. The number of ether oxygens (including phenoxy) is 3. The summed E-state index contributed by atoms with van der Waals surface area (Å²) in [7, 11) is 0. The average Bonchev–Trinajstić information content (AvgIpc) is 1.72. The maximum Gasteiger partial charge on any atom is 0.344 e. The molecule has 3 N–H and O–H groups in total. The van der Waals surface area contributed by atoms with Crippen LogP contribution in [0.25, 0.3) is 65.8 Å². The molecule has 103 heavy (non-hydrogen) atoms. The third kappa shape index (κ3) is 14.8. The number of pyridine rings is 3. The minimum atomic E-state index is -1.04. The summed E-state index contributed by atoms with van der Waals surface area (Å²) in [4.78, 5) is 73.1. The Bertz CT molecular complexity index is 4920. The van der Waals surface area contributed by atoms with Crippen molar-refractivity contribution in [3.63, 3.8) is 0 Å². The molecule has 0 radical (unpaired) electrons. The Morgan fingerprint density at radius 2 is 0.767 bits per heavy atom. The van der Waals surface area contributed by atoms with Crippen LogP contribution in [0.4, 0.5) is 26.3 Å². The Hall–Kier alpha value is -10.1. The van der Waals surface area contributed by atoms with Crippen molar-refractivity contribution in [3.8, 4) is 0 Å². The van der Waals surface area contributed by atoms with Crippen LogP contribution in [0.15, 0.2) is 122 Å². The molecule has 12 aromatic rings. The first-order valence-corrected chi connectivity index (χ1v) is 36.0. The maximum absolute atomic E-state index is 15.0. The van der Waals surface area contributed by atoms with Crippen LogP contribution < -0.4 is 0 Å². The molecule has 6 aromatic carbocycles. The van der Waals surface area contributed by atoms with Crippen molar-refractivity contribution in [2.24, 2.45) is 17.8 Å². The van der Waals surface area contributed by atoms with E-state index in [0.717, 1.165) is 155 Å². The highest BCUT2D eigenvalue weighted by Crippen LogP contribution is 2.47. The van der Waals surface area contributed by atoms with Gasteiger partial charge in [0.2, 0.25) is 0 Å². The number of halogens is 6. The molecule has 0 bridgehead atoms. The summed E-state index contributed by atoms with van der Waals surface area (Å²) in [6, 6.07) is 28.3. The molecule has 0 aliphatic heterocycles. The van der Waals surface area contributed by atoms with E-state index in [0.29, 0.717) is 59.0 Å². The van der Waals surface area contributed by atoms with E-state index in [1.54, 1.807) is 68.7 Å². The number of hydrogen-bond acceptors (Lipinski definition) is 12. The lowest BCUT2D eigenvalue weighted by molar-refractivity contribution is 0.0507. The molecular weight excluding hydrogens is 1320 g/mol. The van der Waals surface area contributed by atoms with Gasteiger partial charge in [-0.15, -0.1) is 0 Å². The van der Waals surface area contributed by atoms with Gasteiger partial charge in [0.05, 0.1) is 69.6 Å². The predicted octanol–water partition coefficient (Wildman–Crippen LogP) is 20.2. The SMILES string of the molecule is CCOC(=O)c1c(F)cc2[nH]c([C@H](C)C3CCC(c4ccnc5ccc(F)cc45)CC3)nc2c1F.CCOC(=O)c1ccc2[nH]c([C@H](C)C3CCC(c4ccnc5ccc(F)cc45)CC3)nc2c1C.CCOC(=O)c1ccc2[nH]c([C@H](C)C3CCC(c4ccnc5ccc(F)cc45)CC3)nc2c1F. The number of esters is 3. The second-order valence-corrected chi connectivity index (χ2v) is 27.8. The number of benzene rings is 6. The first-order valence-electron chi connectivity index (χ1n) is 36.0. The highest BCUT2D eigenvalue weighted by atomic mass is 19.2. The lowest BCUT2D eigenvalue weighted by Crippen LogP contribution is -2.19. The summed E-state index contributed by atoms with van der Waals surface area (Å²) in [6.07, 6.45) is 17.4. The smallest absolute Gasteiger partial charge is 0.344 e. The van der Waals surface area contributed by atoms with Gasteiger partial charge >= 0.3 is 17.9 Å². The van der Waals surface area contributed by atoms with Crippen molar-refractivity contribution < 1.29 is 54.9 Å². The van der Waals surface area contributed by atoms with Gasteiger partial charge in [0.25, 0.3) is 0 Å². The summed E-state index contributed by atoms with van der Waals surface area (Å²) < 4.78 is 101. The Morgan fingerprint density at radius 3 is 1.17 bits per heavy atom. The number of H-pyrrole nitrogens is 3. The van der Waals surface area contributed by atoms with Gasteiger partial charge in [-0.05, 0) is 260 Å². The zero-order chi connectivity index (χ0) is 72.3. The fourth-order valence-electron chi connectivity index (χ4n) is 16.2. The molecule has 3 fully saturated rings. The topological polar surface area (TPSA) is 204 Å². The van der Waals surface area contributed by atoms with E-state index in [4.69, 9.17) is 19.2 Å². The van der Waals surface area contributed by atoms with Crippen LogP contribution >= 0.6 is 0 Å². The fraction of sp³-hybridized carbons (Fsp3) is 0.378. The maximum atomic E-state index is 15.0. The van der Waals surface area contributed by atoms with Gasteiger partial charge in [-0.25, -0.2) is 55.7 Å². The van der Waals surface area contributed by atoms with Crippen LogP contribution in [0.3, 0.4) is 0 Å². The Balaban J connectivity index is 0.000000138. The second-order valence-electron chi connectivity index (χ2n) is 27.8. The number of aromatic nitrogens is 9. The highest BCUT2D eigenvalue weighted by molar-refractivity contribution is 5.97. The summed E-state index contributed by atoms with van der Waals surface area (Å²) in [5.74, 6) is -0.417. The van der Waals surface area contributed by atoms with Gasteiger partial charge in [0.1, 0.15) is 57.3 Å². The number of fused-ring (bicyclic) bond motifs is 6. The monoisotopic (exact) mass is 1400 g/mol. The third-order valence-corrected chi connectivity index (χ3v) is 22.0. The van der Waals surface area contributed by atoms with E-state index < -0.39 is 35.0 Å². The van der Waals surface area contributed by atoms with E-state index in [1.165, 1.54) is 29.8 Å². The molecule has 0 saturated heterocycles. The number of hydrogen-bond donors (Lipinski definition) is 3. The summed E-state index contributed by atoms with van der Waals surface area (Å²) in [6.45, 7) is 13.9. The van der Waals surface area contributed by atoms with Gasteiger partial charge in [-0.3, -0.25) is 15.0 Å². The number of aryl methyl sites for hydroxylation is 1. The zero-order valence-corrected chi connectivity index (χ0v) is 58.8. The van der Waals surface area contributed by atoms with E-state index in [2.05, 4.69) is 59.8 Å². The molecule has 21 heteroatoms. The number of imidazole rings is 3.